The summed E-state index contributed by atoms with van der Waals surface area (Å²) in [6, 6.07) is 5.24. The first-order valence-corrected chi connectivity index (χ1v) is 6.61. The highest BCUT2D eigenvalue weighted by Crippen LogP contribution is 2.14. The molecule has 0 aliphatic rings. The molecule has 1 amide bonds. The predicted molar refractivity (Wildman–Crippen MR) is 76.9 cm³/mol. The molecule has 2 rings (SSSR count). The summed E-state index contributed by atoms with van der Waals surface area (Å²) in [6.07, 6.45) is 3.03. The Balaban J connectivity index is 1.91. The average molecular weight is 304 g/mol. The van der Waals surface area contributed by atoms with E-state index in [-0.39, 0.29) is 25.7 Å². The Morgan fingerprint density at radius 1 is 1.41 bits per heavy atom. The largest absolute Gasteiger partial charge is 0.480 e. The van der Waals surface area contributed by atoms with Crippen LogP contribution in [0.2, 0.25) is 0 Å². The molecule has 1 aromatic carbocycles. The van der Waals surface area contributed by atoms with Gasteiger partial charge in [-0.3, -0.25) is 4.79 Å². The first-order valence-electron chi connectivity index (χ1n) is 6.61. The van der Waals surface area contributed by atoms with Crippen molar-refractivity contribution in [2.24, 2.45) is 0 Å². The van der Waals surface area contributed by atoms with Gasteiger partial charge >= 0.3 is 5.97 Å². The number of aryl methyl sites for hydroxylation is 1. The number of hydrogen-bond acceptors (Lipinski definition) is 5. The zero-order valence-corrected chi connectivity index (χ0v) is 12.0. The van der Waals surface area contributed by atoms with E-state index in [1.54, 1.807) is 29.2 Å². The Labute approximate surface area is 126 Å². The molecule has 8 heteroatoms. The van der Waals surface area contributed by atoms with Crippen LogP contribution in [0.15, 0.2) is 30.9 Å². The second kappa shape index (κ2) is 7.32. The Bertz CT molecular complexity index is 655. The van der Waals surface area contributed by atoms with E-state index in [2.05, 4.69) is 15.4 Å². The second-order valence-corrected chi connectivity index (χ2v) is 4.54. The molecule has 2 aromatic rings. The lowest BCUT2D eigenvalue weighted by Gasteiger charge is -2.09. The number of rotatable bonds is 7. The number of benzene rings is 1. The van der Waals surface area contributed by atoms with Gasteiger partial charge in [0.2, 0.25) is 0 Å². The van der Waals surface area contributed by atoms with Gasteiger partial charge in [-0.15, -0.1) is 0 Å². The zero-order chi connectivity index (χ0) is 15.9. The maximum Gasteiger partial charge on any atom is 0.329 e. The Hall–Kier alpha value is -2.74. The molecule has 116 valence electrons. The minimum absolute atomic E-state index is 0.147. The summed E-state index contributed by atoms with van der Waals surface area (Å²) >= 11 is 0. The van der Waals surface area contributed by atoms with Crippen LogP contribution in [0, 0.1) is 6.92 Å². The first-order chi connectivity index (χ1) is 10.6. The molecule has 0 saturated heterocycles. The summed E-state index contributed by atoms with van der Waals surface area (Å²) < 4.78 is 6.46. The maximum absolute atomic E-state index is 12.0. The summed E-state index contributed by atoms with van der Waals surface area (Å²) in [5.74, 6) is -1.28. The van der Waals surface area contributed by atoms with Crippen molar-refractivity contribution in [3.63, 3.8) is 0 Å². The second-order valence-electron chi connectivity index (χ2n) is 4.54. The number of carbonyl (C=O) groups is 2. The van der Waals surface area contributed by atoms with E-state index in [0.29, 0.717) is 5.56 Å². The van der Waals surface area contributed by atoms with E-state index in [1.165, 1.54) is 6.33 Å². The molecular formula is C14H16N4O4. The van der Waals surface area contributed by atoms with Gasteiger partial charge in [-0.2, -0.15) is 5.10 Å². The van der Waals surface area contributed by atoms with Crippen LogP contribution >= 0.6 is 0 Å². The molecule has 0 atom stereocenters. The predicted octanol–water partition coefficient (Wildman–Crippen LogP) is 0.407. The van der Waals surface area contributed by atoms with Gasteiger partial charge < -0.3 is 15.2 Å². The third-order valence-corrected chi connectivity index (χ3v) is 2.88. The molecule has 1 heterocycles. The van der Waals surface area contributed by atoms with Gasteiger partial charge in [-0.05, 0) is 30.7 Å². The van der Waals surface area contributed by atoms with Crippen molar-refractivity contribution in [1.82, 2.24) is 20.1 Å². The highest BCUT2D eigenvalue weighted by atomic mass is 16.5. The third-order valence-electron chi connectivity index (χ3n) is 2.88. The summed E-state index contributed by atoms with van der Waals surface area (Å²) in [4.78, 5) is 26.1. The van der Waals surface area contributed by atoms with E-state index < -0.39 is 5.97 Å². The van der Waals surface area contributed by atoms with Crippen molar-refractivity contribution < 1.29 is 19.4 Å². The van der Waals surface area contributed by atoms with Crippen LogP contribution in [0.1, 0.15) is 15.9 Å². The fourth-order valence-corrected chi connectivity index (χ4v) is 1.88. The molecule has 0 aliphatic heterocycles. The Morgan fingerprint density at radius 3 is 2.86 bits per heavy atom. The number of ether oxygens (including phenoxy) is 1. The molecule has 0 spiro atoms. The SMILES string of the molecule is Cc1cc(C(=O)NCCOCC(=O)O)ccc1-n1cncn1. The molecule has 0 saturated carbocycles. The van der Waals surface area contributed by atoms with Crippen molar-refractivity contribution in [3.8, 4) is 5.69 Å². The van der Waals surface area contributed by atoms with Crippen LogP contribution < -0.4 is 5.32 Å². The average Bonchev–Trinajstić information content (AvgIpc) is 3.00. The lowest BCUT2D eigenvalue weighted by Crippen LogP contribution is -2.28. The number of nitrogens with one attached hydrogen (secondary N) is 1. The number of carboxylic acids is 1. The minimum Gasteiger partial charge on any atom is -0.480 e. The van der Waals surface area contributed by atoms with Crippen molar-refractivity contribution >= 4 is 11.9 Å². The molecule has 0 bridgehead atoms. The monoisotopic (exact) mass is 304 g/mol. The normalized spacial score (nSPS) is 10.4. The number of carbonyl (C=O) groups excluding carboxylic acids is 1. The van der Waals surface area contributed by atoms with Crippen LogP contribution in [0.25, 0.3) is 5.69 Å². The van der Waals surface area contributed by atoms with E-state index in [1.807, 2.05) is 6.92 Å². The molecule has 2 N–H and O–H groups in total. The van der Waals surface area contributed by atoms with Crippen LogP contribution in [0.3, 0.4) is 0 Å². The van der Waals surface area contributed by atoms with Gasteiger partial charge in [0.05, 0.1) is 12.3 Å². The molecular weight excluding hydrogens is 288 g/mol. The van der Waals surface area contributed by atoms with Crippen molar-refractivity contribution in [2.45, 2.75) is 6.92 Å². The fraction of sp³-hybridized carbons (Fsp3) is 0.286. The summed E-state index contributed by atoms with van der Waals surface area (Å²) in [5, 5.41) is 15.1. The number of aliphatic carboxylic acids is 1. The van der Waals surface area contributed by atoms with Crippen LogP contribution in [-0.4, -0.2) is 51.5 Å². The van der Waals surface area contributed by atoms with E-state index >= 15 is 0 Å². The van der Waals surface area contributed by atoms with Gasteiger partial charge in [0, 0.05) is 12.1 Å². The van der Waals surface area contributed by atoms with Crippen molar-refractivity contribution in [2.75, 3.05) is 19.8 Å². The molecule has 22 heavy (non-hydrogen) atoms. The maximum atomic E-state index is 12.0. The van der Waals surface area contributed by atoms with Gasteiger partial charge in [0.15, 0.2) is 0 Å². The number of carboxylic acid groups (broad SMARTS) is 1. The van der Waals surface area contributed by atoms with Gasteiger partial charge in [0.1, 0.15) is 19.3 Å². The lowest BCUT2D eigenvalue weighted by atomic mass is 10.1. The number of hydrogen-bond donors (Lipinski definition) is 2. The van der Waals surface area contributed by atoms with Gasteiger partial charge in [0.25, 0.3) is 5.91 Å². The van der Waals surface area contributed by atoms with Crippen molar-refractivity contribution in [1.29, 1.82) is 0 Å². The highest BCUT2D eigenvalue weighted by Gasteiger charge is 2.09. The smallest absolute Gasteiger partial charge is 0.329 e. The molecule has 0 unspecified atom stereocenters. The van der Waals surface area contributed by atoms with Crippen molar-refractivity contribution in [3.05, 3.63) is 42.0 Å². The topological polar surface area (TPSA) is 106 Å². The lowest BCUT2D eigenvalue weighted by molar-refractivity contribution is -0.142. The summed E-state index contributed by atoms with van der Waals surface area (Å²) in [7, 11) is 0. The highest BCUT2D eigenvalue weighted by molar-refractivity contribution is 5.94. The number of nitrogens with zero attached hydrogens (tertiary/aromatic N) is 3. The van der Waals surface area contributed by atoms with Crippen LogP contribution in [0.5, 0.6) is 0 Å². The van der Waals surface area contributed by atoms with E-state index in [4.69, 9.17) is 9.84 Å². The Kier molecular flexibility index (Phi) is 5.21. The zero-order valence-electron chi connectivity index (χ0n) is 12.0. The summed E-state index contributed by atoms with van der Waals surface area (Å²) in [6.45, 7) is 1.90. The molecule has 0 aliphatic carbocycles. The third kappa shape index (κ3) is 4.13. The van der Waals surface area contributed by atoms with E-state index in [0.717, 1.165) is 11.3 Å². The standard InChI is InChI=1S/C14H16N4O4/c1-10-6-11(2-3-12(10)18-9-15-8-17-18)14(21)16-4-5-22-7-13(19)20/h2-3,6,8-9H,4-5,7H2,1H3,(H,16,21)(H,19,20). The Morgan fingerprint density at radius 2 is 2.23 bits per heavy atom. The summed E-state index contributed by atoms with van der Waals surface area (Å²) in [5.41, 5.74) is 2.25. The van der Waals surface area contributed by atoms with Gasteiger partial charge in [-0.25, -0.2) is 14.5 Å². The molecule has 8 nitrogen and oxygen atoms in total. The first kappa shape index (κ1) is 15.6. The molecule has 0 fully saturated rings. The molecule has 0 radical (unpaired) electrons. The quantitative estimate of drug-likeness (QED) is 0.717. The van der Waals surface area contributed by atoms with Crippen LogP contribution in [-0.2, 0) is 9.53 Å². The molecule has 1 aromatic heterocycles. The minimum atomic E-state index is -1.04. The number of amides is 1. The van der Waals surface area contributed by atoms with Crippen LogP contribution in [0.4, 0.5) is 0 Å². The van der Waals surface area contributed by atoms with E-state index in [9.17, 15) is 9.59 Å². The fourth-order valence-electron chi connectivity index (χ4n) is 1.88. The number of aromatic nitrogens is 3. The van der Waals surface area contributed by atoms with Gasteiger partial charge in [-0.1, -0.05) is 0 Å².